The van der Waals surface area contributed by atoms with Crippen molar-refractivity contribution in [3.8, 4) is 0 Å². The second-order valence-corrected chi connectivity index (χ2v) is 5.80. The molecule has 0 saturated heterocycles. The van der Waals surface area contributed by atoms with E-state index in [1.54, 1.807) is 11.3 Å². The normalized spacial score (nSPS) is 11.4. The van der Waals surface area contributed by atoms with Crippen molar-refractivity contribution in [2.45, 2.75) is 26.8 Å². The van der Waals surface area contributed by atoms with Crippen molar-refractivity contribution in [1.82, 2.24) is 14.8 Å². The average molecular weight is 270 g/mol. The lowest BCUT2D eigenvalue weighted by molar-refractivity contribution is 0.261. The molecule has 0 saturated carbocycles. The quantitative estimate of drug-likeness (QED) is 0.746. The first-order valence-electron chi connectivity index (χ1n) is 6.71. The summed E-state index contributed by atoms with van der Waals surface area (Å²) in [6, 6.07) is 0. The van der Waals surface area contributed by atoms with Gasteiger partial charge in [-0.15, -0.1) is 11.3 Å². The molecule has 0 bridgehead atoms. The summed E-state index contributed by atoms with van der Waals surface area (Å²) in [5, 5.41) is 4.30. The molecule has 5 heteroatoms. The summed E-state index contributed by atoms with van der Waals surface area (Å²) in [6.07, 6.45) is 3.22. The SMILES string of the molecule is CCNc1ncc(CN(CC)CCCN(C)C)s1. The monoisotopic (exact) mass is 270 g/mol. The molecule has 0 atom stereocenters. The Balaban J connectivity index is 2.36. The van der Waals surface area contributed by atoms with E-state index in [-0.39, 0.29) is 0 Å². The Hall–Kier alpha value is -0.650. The molecule has 0 amide bonds. The van der Waals surface area contributed by atoms with Crippen molar-refractivity contribution in [3.05, 3.63) is 11.1 Å². The van der Waals surface area contributed by atoms with E-state index < -0.39 is 0 Å². The van der Waals surface area contributed by atoms with Gasteiger partial charge in [0.1, 0.15) is 0 Å². The van der Waals surface area contributed by atoms with Gasteiger partial charge in [-0.1, -0.05) is 6.92 Å². The summed E-state index contributed by atoms with van der Waals surface area (Å²) in [7, 11) is 4.25. The molecular weight excluding hydrogens is 244 g/mol. The summed E-state index contributed by atoms with van der Waals surface area (Å²) in [4.78, 5) is 10.4. The smallest absolute Gasteiger partial charge is 0.182 e. The molecule has 4 nitrogen and oxygen atoms in total. The number of hydrogen-bond acceptors (Lipinski definition) is 5. The molecule has 1 aromatic heterocycles. The molecule has 0 aromatic carbocycles. The minimum atomic E-state index is 0.938. The number of hydrogen-bond donors (Lipinski definition) is 1. The zero-order valence-corrected chi connectivity index (χ0v) is 12.9. The lowest BCUT2D eigenvalue weighted by Crippen LogP contribution is -2.26. The van der Waals surface area contributed by atoms with Gasteiger partial charge >= 0.3 is 0 Å². The number of nitrogens with zero attached hydrogens (tertiary/aromatic N) is 3. The fourth-order valence-corrected chi connectivity index (χ4v) is 2.72. The van der Waals surface area contributed by atoms with Gasteiger partial charge in [0.05, 0.1) is 0 Å². The lowest BCUT2D eigenvalue weighted by Gasteiger charge is -2.20. The van der Waals surface area contributed by atoms with Crippen molar-refractivity contribution >= 4 is 16.5 Å². The van der Waals surface area contributed by atoms with Crippen LogP contribution in [0.2, 0.25) is 0 Å². The van der Waals surface area contributed by atoms with Crippen molar-refractivity contribution < 1.29 is 0 Å². The first-order chi connectivity index (χ1) is 8.65. The molecule has 1 rings (SSSR count). The first kappa shape index (κ1) is 15.4. The molecule has 0 aliphatic heterocycles. The summed E-state index contributed by atoms with van der Waals surface area (Å²) < 4.78 is 0. The molecule has 1 heterocycles. The minimum absolute atomic E-state index is 0.938. The number of nitrogens with one attached hydrogen (secondary N) is 1. The van der Waals surface area contributed by atoms with Crippen molar-refractivity contribution in [2.24, 2.45) is 0 Å². The van der Waals surface area contributed by atoms with E-state index in [4.69, 9.17) is 0 Å². The second kappa shape index (κ2) is 8.45. The molecule has 18 heavy (non-hydrogen) atoms. The number of aromatic nitrogens is 1. The fraction of sp³-hybridized carbons (Fsp3) is 0.769. The average Bonchev–Trinajstić information content (AvgIpc) is 2.75. The maximum absolute atomic E-state index is 4.37. The molecule has 1 aromatic rings. The standard InChI is InChI=1S/C13H26N4S/c1-5-14-13-15-10-12(18-13)11-17(6-2)9-7-8-16(3)4/h10H,5-9,11H2,1-4H3,(H,14,15). The van der Waals surface area contributed by atoms with Gasteiger partial charge in [0.15, 0.2) is 5.13 Å². The van der Waals surface area contributed by atoms with Crippen LogP contribution in [0.15, 0.2) is 6.20 Å². The Morgan fingerprint density at radius 1 is 1.28 bits per heavy atom. The van der Waals surface area contributed by atoms with Gasteiger partial charge in [0.25, 0.3) is 0 Å². The van der Waals surface area contributed by atoms with Crippen LogP contribution in [-0.4, -0.2) is 55.1 Å². The van der Waals surface area contributed by atoms with Crippen LogP contribution < -0.4 is 5.32 Å². The molecule has 0 aliphatic carbocycles. The Kier molecular flexibility index (Phi) is 7.23. The maximum atomic E-state index is 4.37. The van der Waals surface area contributed by atoms with E-state index in [9.17, 15) is 0 Å². The minimum Gasteiger partial charge on any atom is -0.362 e. The van der Waals surface area contributed by atoms with Gasteiger partial charge in [0, 0.05) is 24.2 Å². The second-order valence-electron chi connectivity index (χ2n) is 4.69. The highest BCUT2D eigenvalue weighted by atomic mass is 32.1. The number of thiazole rings is 1. The van der Waals surface area contributed by atoms with Crippen molar-refractivity contribution in [1.29, 1.82) is 0 Å². The van der Waals surface area contributed by atoms with Crippen LogP contribution in [0.25, 0.3) is 0 Å². The number of anilines is 1. The predicted octanol–water partition coefficient (Wildman–Crippen LogP) is 2.35. The van der Waals surface area contributed by atoms with Gasteiger partial charge in [-0.05, 0) is 47.1 Å². The topological polar surface area (TPSA) is 31.4 Å². The molecule has 104 valence electrons. The van der Waals surface area contributed by atoms with Crippen LogP contribution in [0.1, 0.15) is 25.1 Å². The van der Waals surface area contributed by atoms with E-state index in [0.717, 1.165) is 37.9 Å². The first-order valence-corrected chi connectivity index (χ1v) is 7.53. The molecule has 0 unspecified atom stereocenters. The largest absolute Gasteiger partial charge is 0.362 e. The highest BCUT2D eigenvalue weighted by molar-refractivity contribution is 7.15. The van der Waals surface area contributed by atoms with Crippen LogP contribution in [-0.2, 0) is 6.54 Å². The summed E-state index contributed by atoms with van der Waals surface area (Å²) in [5.41, 5.74) is 0. The number of rotatable bonds is 9. The Bertz CT molecular complexity index is 325. The molecule has 0 fully saturated rings. The molecular formula is C13H26N4S. The highest BCUT2D eigenvalue weighted by Gasteiger charge is 2.07. The van der Waals surface area contributed by atoms with Crippen molar-refractivity contribution in [2.75, 3.05) is 45.6 Å². The molecule has 0 aliphatic rings. The summed E-state index contributed by atoms with van der Waals surface area (Å²) >= 11 is 1.77. The van der Waals surface area contributed by atoms with Gasteiger partial charge < -0.3 is 10.2 Å². The third-order valence-corrected chi connectivity index (χ3v) is 3.73. The van der Waals surface area contributed by atoms with Gasteiger partial charge in [-0.25, -0.2) is 4.98 Å². The fourth-order valence-electron chi connectivity index (χ4n) is 1.79. The third-order valence-electron chi connectivity index (χ3n) is 2.79. The Morgan fingerprint density at radius 2 is 2.06 bits per heavy atom. The van der Waals surface area contributed by atoms with E-state index >= 15 is 0 Å². The summed E-state index contributed by atoms with van der Waals surface area (Å²) in [6.45, 7) is 9.69. The predicted molar refractivity (Wildman–Crippen MR) is 80.4 cm³/mol. The zero-order chi connectivity index (χ0) is 13.4. The highest BCUT2D eigenvalue weighted by Crippen LogP contribution is 2.19. The zero-order valence-electron chi connectivity index (χ0n) is 12.1. The maximum Gasteiger partial charge on any atom is 0.182 e. The summed E-state index contributed by atoms with van der Waals surface area (Å²) in [5.74, 6) is 0. The Morgan fingerprint density at radius 3 is 2.67 bits per heavy atom. The molecule has 0 spiro atoms. The lowest BCUT2D eigenvalue weighted by atomic mass is 10.3. The van der Waals surface area contributed by atoms with Crippen molar-refractivity contribution in [3.63, 3.8) is 0 Å². The van der Waals surface area contributed by atoms with E-state index in [1.165, 1.54) is 11.3 Å². The van der Waals surface area contributed by atoms with Crippen LogP contribution >= 0.6 is 11.3 Å². The van der Waals surface area contributed by atoms with Gasteiger partial charge in [-0.2, -0.15) is 0 Å². The molecule has 1 N–H and O–H groups in total. The van der Waals surface area contributed by atoms with Gasteiger partial charge in [-0.3, -0.25) is 4.90 Å². The van der Waals surface area contributed by atoms with Crippen LogP contribution in [0.4, 0.5) is 5.13 Å². The third kappa shape index (κ3) is 5.80. The van der Waals surface area contributed by atoms with Crippen LogP contribution in [0.3, 0.4) is 0 Å². The molecule has 0 radical (unpaired) electrons. The van der Waals surface area contributed by atoms with E-state index in [1.807, 2.05) is 6.20 Å². The van der Waals surface area contributed by atoms with E-state index in [2.05, 4.69) is 48.0 Å². The van der Waals surface area contributed by atoms with E-state index in [0.29, 0.717) is 0 Å². The van der Waals surface area contributed by atoms with Crippen LogP contribution in [0, 0.1) is 0 Å². The Labute approximate surface area is 115 Å². The van der Waals surface area contributed by atoms with Gasteiger partial charge in [0.2, 0.25) is 0 Å². The van der Waals surface area contributed by atoms with Crippen LogP contribution in [0.5, 0.6) is 0 Å².